The predicted molar refractivity (Wildman–Crippen MR) is 46.8 cm³/mol. The van der Waals surface area contributed by atoms with Gasteiger partial charge >= 0.3 is 0 Å². The van der Waals surface area contributed by atoms with Crippen LogP contribution in [0.25, 0.3) is 0 Å². The van der Waals surface area contributed by atoms with E-state index >= 15 is 0 Å². The quantitative estimate of drug-likeness (QED) is 0.602. The van der Waals surface area contributed by atoms with Gasteiger partial charge in [-0.1, -0.05) is 6.92 Å². The van der Waals surface area contributed by atoms with Crippen molar-refractivity contribution >= 4 is 0 Å². The summed E-state index contributed by atoms with van der Waals surface area (Å²) in [6, 6.07) is 0. The summed E-state index contributed by atoms with van der Waals surface area (Å²) >= 11 is 0. The molecule has 0 radical (unpaired) electrons. The van der Waals surface area contributed by atoms with Gasteiger partial charge in [-0.05, 0) is 26.3 Å². The molecular weight excluding hydrogens is 138 g/mol. The number of ether oxygens (including phenoxy) is 1. The maximum Gasteiger partial charge on any atom is 0.0597 e. The highest BCUT2D eigenvalue weighted by Crippen LogP contribution is 2.05. The van der Waals surface area contributed by atoms with Gasteiger partial charge in [-0.15, -0.1) is 0 Å². The van der Waals surface area contributed by atoms with E-state index in [0.29, 0.717) is 6.10 Å². The summed E-state index contributed by atoms with van der Waals surface area (Å²) in [5, 5.41) is 0. The molecule has 66 valence electrons. The van der Waals surface area contributed by atoms with E-state index in [9.17, 15) is 0 Å². The van der Waals surface area contributed by atoms with Gasteiger partial charge in [0.25, 0.3) is 0 Å². The summed E-state index contributed by atoms with van der Waals surface area (Å²) in [6.07, 6.45) is 2.92. The molecule has 0 aromatic carbocycles. The highest BCUT2D eigenvalue weighted by molar-refractivity contribution is 4.64. The molecular formula is C9H19NO. The van der Waals surface area contributed by atoms with Crippen LogP contribution >= 0.6 is 0 Å². The SMILES string of the molecule is CCCN1CCOC(C)CC1. The molecule has 0 N–H and O–H groups in total. The minimum atomic E-state index is 0.469. The van der Waals surface area contributed by atoms with Gasteiger partial charge in [-0.3, -0.25) is 0 Å². The molecule has 1 atom stereocenters. The van der Waals surface area contributed by atoms with Crippen molar-refractivity contribution in [3.05, 3.63) is 0 Å². The zero-order valence-electron chi connectivity index (χ0n) is 7.68. The summed E-state index contributed by atoms with van der Waals surface area (Å²) in [7, 11) is 0. The average Bonchev–Trinajstić information content (AvgIpc) is 2.17. The molecule has 0 amide bonds. The molecule has 1 aliphatic heterocycles. The first kappa shape index (κ1) is 9.01. The minimum Gasteiger partial charge on any atom is -0.377 e. The smallest absolute Gasteiger partial charge is 0.0597 e. The molecule has 0 saturated carbocycles. The standard InChI is InChI=1S/C9H19NO/c1-3-5-10-6-4-9(2)11-8-7-10/h9H,3-8H2,1-2H3. The van der Waals surface area contributed by atoms with Gasteiger partial charge in [0.1, 0.15) is 0 Å². The van der Waals surface area contributed by atoms with Gasteiger partial charge in [0.15, 0.2) is 0 Å². The first-order valence-corrected chi connectivity index (χ1v) is 4.67. The monoisotopic (exact) mass is 157 g/mol. The molecule has 2 heteroatoms. The number of nitrogens with zero attached hydrogens (tertiary/aromatic N) is 1. The van der Waals surface area contributed by atoms with Gasteiger partial charge in [-0.2, -0.15) is 0 Å². The number of hydrogen-bond donors (Lipinski definition) is 0. The molecule has 1 fully saturated rings. The lowest BCUT2D eigenvalue weighted by Crippen LogP contribution is -2.27. The summed E-state index contributed by atoms with van der Waals surface area (Å²) in [6.45, 7) is 8.88. The number of rotatable bonds is 2. The molecule has 1 aliphatic rings. The van der Waals surface area contributed by atoms with Crippen LogP contribution in [0, 0.1) is 0 Å². The van der Waals surface area contributed by atoms with Crippen LogP contribution in [0.4, 0.5) is 0 Å². The highest BCUT2D eigenvalue weighted by atomic mass is 16.5. The van der Waals surface area contributed by atoms with Crippen LogP contribution in [0.5, 0.6) is 0 Å². The molecule has 0 aliphatic carbocycles. The molecule has 1 heterocycles. The van der Waals surface area contributed by atoms with E-state index in [4.69, 9.17) is 4.74 Å². The Hall–Kier alpha value is -0.0800. The van der Waals surface area contributed by atoms with Gasteiger partial charge in [-0.25, -0.2) is 0 Å². The molecule has 1 unspecified atom stereocenters. The predicted octanol–water partition coefficient (Wildman–Crippen LogP) is 1.51. The summed E-state index contributed by atoms with van der Waals surface area (Å²) in [4.78, 5) is 2.49. The topological polar surface area (TPSA) is 12.5 Å². The Bertz CT molecular complexity index is 106. The van der Waals surface area contributed by atoms with Crippen molar-refractivity contribution in [2.24, 2.45) is 0 Å². The second kappa shape index (κ2) is 4.73. The van der Waals surface area contributed by atoms with Crippen molar-refractivity contribution in [2.75, 3.05) is 26.2 Å². The van der Waals surface area contributed by atoms with Crippen molar-refractivity contribution < 1.29 is 4.74 Å². The lowest BCUT2D eigenvalue weighted by molar-refractivity contribution is 0.0751. The molecule has 1 saturated heterocycles. The maximum atomic E-state index is 5.54. The van der Waals surface area contributed by atoms with E-state index in [2.05, 4.69) is 18.7 Å². The summed E-state index contributed by atoms with van der Waals surface area (Å²) in [5.74, 6) is 0. The van der Waals surface area contributed by atoms with Gasteiger partial charge in [0.2, 0.25) is 0 Å². The lowest BCUT2D eigenvalue weighted by Gasteiger charge is -2.17. The van der Waals surface area contributed by atoms with Gasteiger partial charge in [0, 0.05) is 13.1 Å². The Balaban J connectivity index is 2.22. The third-order valence-corrected chi connectivity index (χ3v) is 2.20. The Kier molecular flexibility index (Phi) is 3.87. The fraction of sp³-hybridized carbons (Fsp3) is 1.00. The Morgan fingerprint density at radius 1 is 1.45 bits per heavy atom. The van der Waals surface area contributed by atoms with Crippen molar-refractivity contribution in [1.29, 1.82) is 0 Å². The van der Waals surface area contributed by atoms with Crippen molar-refractivity contribution in [1.82, 2.24) is 4.90 Å². The van der Waals surface area contributed by atoms with Gasteiger partial charge in [0.05, 0.1) is 12.7 Å². The van der Waals surface area contributed by atoms with E-state index in [1.165, 1.54) is 25.9 Å². The second-order valence-corrected chi connectivity index (χ2v) is 3.31. The van der Waals surface area contributed by atoms with Crippen LogP contribution in [0.3, 0.4) is 0 Å². The first-order valence-electron chi connectivity index (χ1n) is 4.67. The van der Waals surface area contributed by atoms with Crippen LogP contribution in [0.2, 0.25) is 0 Å². The fourth-order valence-corrected chi connectivity index (χ4v) is 1.48. The van der Waals surface area contributed by atoms with E-state index in [-0.39, 0.29) is 0 Å². The summed E-state index contributed by atoms with van der Waals surface area (Å²) < 4.78 is 5.54. The van der Waals surface area contributed by atoms with Crippen LogP contribution in [-0.2, 0) is 4.74 Å². The van der Waals surface area contributed by atoms with Gasteiger partial charge < -0.3 is 9.64 Å². The first-order chi connectivity index (χ1) is 5.33. The fourth-order valence-electron chi connectivity index (χ4n) is 1.48. The normalized spacial score (nSPS) is 28.4. The molecule has 0 aromatic heterocycles. The van der Waals surface area contributed by atoms with Crippen LogP contribution in [0.15, 0.2) is 0 Å². The Labute approximate surface area is 69.5 Å². The zero-order valence-corrected chi connectivity index (χ0v) is 7.68. The average molecular weight is 157 g/mol. The third-order valence-electron chi connectivity index (χ3n) is 2.20. The highest BCUT2D eigenvalue weighted by Gasteiger charge is 2.12. The molecule has 11 heavy (non-hydrogen) atoms. The summed E-state index contributed by atoms with van der Waals surface area (Å²) in [5.41, 5.74) is 0. The largest absolute Gasteiger partial charge is 0.377 e. The molecule has 0 bridgehead atoms. The van der Waals surface area contributed by atoms with E-state index < -0.39 is 0 Å². The number of hydrogen-bond acceptors (Lipinski definition) is 2. The Morgan fingerprint density at radius 3 is 3.00 bits per heavy atom. The second-order valence-electron chi connectivity index (χ2n) is 3.31. The minimum absolute atomic E-state index is 0.469. The van der Waals surface area contributed by atoms with Crippen LogP contribution < -0.4 is 0 Å². The van der Waals surface area contributed by atoms with E-state index in [1.807, 2.05) is 0 Å². The van der Waals surface area contributed by atoms with Crippen LogP contribution in [0.1, 0.15) is 26.7 Å². The van der Waals surface area contributed by atoms with Crippen molar-refractivity contribution in [3.63, 3.8) is 0 Å². The Morgan fingerprint density at radius 2 is 2.27 bits per heavy atom. The third kappa shape index (κ3) is 3.21. The van der Waals surface area contributed by atoms with Crippen molar-refractivity contribution in [3.8, 4) is 0 Å². The molecule has 0 aromatic rings. The maximum absolute atomic E-state index is 5.54. The van der Waals surface area contributed by atoms with Crippen LogP contribution in [-0.4, -0.2) is 37.2 Å². The lowest BCUT2D eigenvalue weighted by atomic mass is 10.3. The van der Waals surface area contributed by atoms with E-state index in [1.54, 1.807) is 0 Å². The molecule has 0 spiro atoms. The molecule has 1 rings (SSSR count). The van der Waals surface area contributed by atoms with Crippen molar-refractivity contribution in [2.45, 2.75) is 32.8 Å². The van der Waals surface area contributed by atoms with E-state index in [0.717, 1.165) is 13.2 Å². The molecule has 2 nitrogen and oxygen atoms in total. The zero-order chi connectivity index (χ0) is 8.10.